The van der Waals surface area contributed by atoms with E-state index in [1.807, 2.05) is 59.5 Å². The fraction of sp³-hybridized carbons (Fsp3) is 0.379. The van der Waals surface area contributed by atoms with E-state index in [1.165, 1.54) is 4.88 Å². The zero-order chi connectivity index (χ0) is 25.3. The van der Waals surface area contributed by atoms with Gasteiger partial charge in [0.2, 0.25) is 5.91 Å². The first kappa shape index (κ1) is 25.9. The van der Waals surface area contributed by atoms with Gasteiger partial charge < -0.3 is 19.9 Å². The SMILES string of the molecule is CCc1cccc(NC(=O)N(CC(=O)N(Cc2ccccc2)Cc2ccc(C)s2)CC2CCCO2)c1. The van der Waals surface area contributed by atoms with Gasteiger partial charge in [0.25, 0.3) is 0 Å². The Kier molecular flexibility index (Phi) is 9.14. The summed E-state index contributed by atoms with van der Waals surface area (Å²) in [5.41, 5.74) is 2.94. The molecule has 1 aromatic heterocycles. The highest BCUT2D eigenvalue weighted by atomic mass is 32.1. The van der Waals surface area contributed by atoms with Crippen LogP contribution in [-0.2, 0) is 29.0 Å². The van der Waals surface area contributed by atoms with Crippen molar-refractivity contribution in [2.75, 3.05) is 25.0 Å². The van der Waals surface area contributed by atoms with Crippen LogP contribution in [0, 0.1) is 6.92 Å². The molecule has 0 radical (unpaired) electrons. The number of benzene rings is 2. The van der Waals surface area contributed by atoms with E-state index < -0.39 is 0 Å². The highest BCUT2D eigenvalue weighted by Gasteiger charge is 2.27. The van der Waals surface area contributed by atoms with Crippen LogP contribution in [0.2, 0.25) is 0 Å². The largest absolute Gasteiger partial charge is 0.376 e. The summed E-state index contributed by atoms with van der Waals surface area (Å²) < 4.78 is 5.81. The molecule has 1 saturated heterocycles. The number of rotatable bonds is 10. The van der Waals surface area contributed by atoms with E-state index >= 15 is 0 Å². The van der Waals surface area contributed by atoms with Crippen molar-refractivity contribution in [3.05, 3.63) is 87.6 Å². The maximum absolute atomic E-state index is 13.7. The molecule has 0 saturated carbocycles. The van der Waals surface area contributed by atoms with Gasteiger partial charge in [-0.3, -0.25) is 4.79 Å². The Labute approximate surface area is 217 Å². The topological polar surface area (TPSA) is 61.9 Å². The first-order valence-electron chi connectivity index (χ1n) is 12.6. The normalized spacial score (nSPS) is 15.0. The number of anilines is 1. The summed E-state index contributed by atoms with van der Waals surface area (Å²) in [7, 11) is 0. The highest BCUT2D eigenvalue weighted by molar-refractivity contribution is 7.11. The molecule has 0 bridgehead atoms. The minimum Gasteiger partial charge on any atom is -0.376 e. The molecule has 7 heteroatoms. The number of carbonyl (C=O) groups is 2. The maximum atomic E-state index is 13.7. The van der Waals surface area contributed by atoms with Crippen LogP contribution >= 0.6 is 11.3 Å². The molecule has 1 aliphatic heterocycles. The second kappa shape index (κ2) is 12.7. The molecule has 3 amide bonds. The lowest BCUT2D eigenvalue weighted by molar-refractivity contribution is -0.133. The number of aryl methyl sites for hydroxylation is 2. The van der Waals surface area contributed by atoms with Crippen LogP contribution in [0.25, 0.3) is 0 Å². The van der Waals surface area contributed by atoms with Gasteiger partial charge in [-0.25, -0.2) is 4.79 Å². The summed E-state index contributed by atoms with van der Waals surface area (Å²) in [4.78, 5) is 32.8. The lowest BCUT2D eigenvalue weighted by atomic mass is 10.1. The molecular weight excluding hydrogens is 470 g/mol. The summed E-state index contributed by atoms with van der Waals surface area (Å²) in [5.74, 6) is -0.0830. The molecule has 2 aromatic carbocycles. The molecular formula is C29H35N3O3S. The molecule has 3 aromatic rings. The van der Waals surface area contributed by atoms with Crippen LogP contribution in [-0.4, -0.2) is 47.5 Å². The quantitative estimate of drug-likeness (QED) is 0.375. The molecule has 1 atom stereocenters. The van der Waals surface area contributed by atoms with Crippen molar-refractivity contribution in [1.29, 1.82) is 0 Å². The van der Waals surface area contributed by atoms with Crippen molar-refractivity contribution in [2.45, 2.75) is 52.3 Å². The van der Waals surface area contributed by atoms with Crippen LogP contribution < -0.4 is 5.32 Å². The molecule has 1 unspecified atom stereocenters. The number of hydrogen-bond donors (Lipinski definition) is 1. The number of amides is 3. The third kappa shape index (κ3) is 7.42. The van der Waals surface area contributed by atoms with E-state index in [9.17, 15) is 9.59 Å². The summed E-state index contributed by atoms with van der Waals surface area (Å²) in [6.07, 6.45) is 2.71. The predicted octanol–water partition coefficient (Wildman–Crippen LogP) is 5.86. The monoisotopic (exact) mass is 505 g/mol. The second-order valence-corrected chi connectivity index (χ2v) is 10.6. The molecule has 6 nitrogen and oxygen atoms in total. The van der Waals surface area contributed by atoms with Crippen LogP contribution in [0.3, 0.4) is 0 Å². The van der Waals surface area contributed by atoms with E-state index in [0.717, 1.165) is 41.0 Å². The lowest BCUT2D eigenvalue weighted by Gasteiger charge is -2.29. The van der Waals surface area contributed by atoms with Gasteiger partial charge in [-0.05, 0) is 61.6 Å². The molecule has 1 aliphatic rings. The Morgan fingerprint density at radius 1 is 1.00 bits per heavy atom. The van der Waals surface area contributed by atoms with Crippen LogP contribution in [0.15, 0.2) is 66.7 Å². The van der Waals surface area contributed by atoms with E-state index in [-0.39, 0.29) is 24.6 Å². The number of hydrogen-bond acceptors (Lipinski definition) is 4. The smallest absolute Gasteiger partial charge is 0.322 e. The Bertz CT molecular complexity index is 1140. The zero-order valence-electron chi connectivity index (χ0n) is 21.1. The minimum absolute atomic E-state index is 0.00362. The van der Waals surface area contributed by atoms with Gasteiger partial charge in [-0.15, -0.1) is 11.3 Å². The predicted molar refractivity (Wildman–Crippen MR) is 145 cm³/mol. The molecule has 0 spiro atoms. The molecule has 4 rings (SSSR count). The Balaban J connectivity index is 1.51. The Morgan fingerprint density at radius 3 is 2.50 bits per heavy atom. The Morgan fingerprint density at radius 2 is 1.81 bits per heavy atom. The van der Waals surface area contributed by atoms with E-state index in [1.54, 1.807) is 16.2 Å². The Hall–Kier alpha value is -3.16. The van der Waals surface area contributed by atoms with Crippen LogP contribution in [0.1, 0.15) is 40.6 Å². The average molecular weight is 506 g/mol. The summed E-state index contributed by atoms with van der Waals surface area (Å²) in [5, 5.41) is 3.00. The van der Waals surface area contributed by atoms with Crippen molar-refractivity contribution in [3.63, 3.8) is 0 Å². The first-order valence-corrected chi connectivity index (χ1v) is 13.5. The second-order valence-electron chi connectivity index (χ2n) is 9.25. The lowest BCUT2D eigenvalue weighted by Crippen LogP contribution is -2.46. The van der Waals surface area contributed by atoms with E-state index in [4.69, 9.17) is 4.74 Å². The minimum atomic E-state index is -0.279. The van der Waals surface area contributed by atoms with Gasteiger partial charge in [-0.1, -0.05) is 49.4 Å². The number of nitrogens with zero attached hydrogens (tertiary/aromatic N) is 2. The summed E-state index contributed by atoms with van der Waals surface area (Å²) in [6, 6.07) is 21.7. The van der Waals surface area contributed by atoms with Gasteiger partial charge in [0.15, 0.2) is 0 Å². The highest BCUT2D eigenvalue weighted by Crippen LogP contribution is 2.20. The summed E-state index contributed by atoms with van der Waals surface area (Å²) >= 11 is 1.69. The van der Waals surface area contributed by atoms with Crippen molar-refractivity contribution < 1.29 is 14.3 Å². The van der Waals surface area contributed by atoms with Gasteiger partial charge in [0.1, 0.15) is 6.54 Å². The third-order valence-corrected chi connectivity index (χ3v) is 7.34. The van der Waals surface area contributed by atoms with Crippen molar-refractivity contribution >= 4 is 29.0 Å². The van der Waals surface area contributed by atoms with Gasteiger partial charge in [-0.2, -0.15) is 0 Å². The first-order chi connectivity index (χ1) is 17.5. The number of thiophene rings is 1. The number of carbonyl (C=O) groups excluding carboxylic acids is 2. The van der Waals surface area contributed by atoms with Crippen molar-refractivity contribution in [1.82, 2.24) is 9.80 Å². The average Bonchev–Trinajstić information content (AvgIpc) is 3.55. The number of nitrogens with one attached hydrogen (secondary N) is 1. The van der Waals surface area contributed by atoms with Crippen molar-refractivity contribution in [2.24, 2.45) is 0 Å². The standard InChI is InChI=1S/C29H35N3O3S/c1-3-23-11-7-12-25(17-23)30-29(34)32(19-26-13-8-16-35-26)21-28(33)31(18-24-9-5-4-6-10-24)20-27-15-14-22(2)36-27/h4-7,9-12,14-15,17,26H,3,8,13,16,18-21H2,1-2H3,(H,30,34). The summed E-state index contributed by atoms with van der Waals surface area (Å²) in [6.45, 7) is 6.24. The maximum Gasteiger partial charge on any atom is 0.322 e. The fourth-order valence-electron chi connectivity index (χ4n) is 4.38. The number of ether oxygens (including phenoxy) is 1. The van der Waals surface area contributed by atoms with Crippen LogP contribution in [0.4, 0.5) is 10.5 Å². The molecule has 1 fully saturated rings. The molecule has 36 heavy (non-hydrogen) atoms. The molecule has 0 aliphatic carbocycles. The molecule has 190 valence electrons. The molecule has 1 N–H and O–H groups in total. The van der Waals surface area contributed by atoms with E-state index in [0.29, 0.717) is 26.2 Å². The zero-order valence-corrected chi connectivity index (χ0v) is 21.9. The third-order valence-electron chi connectivity index (χ3n) is 6.36. The van der Waals surface area contributed by atoms with Crippen molar-refractivity contribution in [3.8, 4) is 0 Å². The van der Waals surface area contributed by atoms with Crippen LogP contribution in [0.5, 0.6) is 0 Å². The molecule has 2 heterocycles. The van der Waals surface area contributed by atoms with E-state index in [2.05, 4.69) is 31.3 Å². The van der Waals surface area contributed by atoms with Gasteiger partial charge in [0, 0.05) is 35.1 Å². The van der Waals surface area contributed by atoms with Gasteiger partial charge >= 0.3 is 6.03 Å². The van der Waals surface area contributed by atoms with Gasteiger partial charge in [0.05, 0.1) is 12.6 Å². The fourth-order valence-corrected chi connectivity index (χ4v) is 5.29. The number of urea groups is 1.